The van der Waals surface area contributed by atoms with E-state index in [0.29, 0.717) is 6.61 Å². The molecule has 0 amide bonds. The van der Waals surface area contributed by atoms with Crippen molar-refractivity contribution >= 4 is 0 Å². The van der Waals surface area contributed by atoms with E-state index >= 15 is 0 Å². The first kappa shape index (κ1) is 14.3. The first-order chi connectivity index (χ1) is 10.6. The van der Waals surface area contributed by atoms with E-state index in [1.807, 2.05) is 6.92 Å². The minimum atomic E-state index is -0.232. The van der Waals surface area contributed by atoms with Gasteiger partial charge in [0.2, 0.25) is 0 Å². The summed E-state index contributed by atoms with van der Waals surface area (Å²) in [6.45, 7) is 4.70. The summed E-state index contributed by atoms with van der Waals surface area (Å²) in [6, 6.07) is 4.27. The van der Waals surface area contributed by atoms with Crippen molar-refractivity contribution in [2.75, 3.05) is 20.2 Å². The molecule has 1 aromatic carbocycles. The normalized spacial score (nSPS) is 33.6. The molecular weight excluding hydrogens is 278 g/mol. The Morgan fingerprint density at radius 3 is 3.09 bits per heavy atom. The average molecular weight is 303 g/mol. The van der Waals surface area contributed by atoms with Gasteiger partial charge in [-0.2, -0.15) is 0 Å². The van der Waals surface area contributed by atoms with Crippen LogP contribution in [0.1, 0.15) is 43.7 Å². The predicted octanol–water partition coefficient (Wildman–Crippen LogP) is 2.46. The van der Waals surface area contributed by atoms with E-state index in [1.54, 1.807) is 0 Å². The Balaban J connectivity index is 1.87. The first-order valence-corrected chi connectivity index (χ1v) is 8.46. The van der Waals surface area contributed by atoms with Gasteiger partial charge in [-0.1, -0.05) is 6.07 Å². The second kappa shape index (κ2) is 5.14. The van der Waals surface area contributed by atoms with Gasteiger partial charge in [0.15, 0.2) is 11.5 Å². The molecule has 0 saturated heterocycles. The third-order valence-electron chi connectivity index (χ3n) is 5.67. The fraction of sp³-hybridized carbons (Fsp3) is 0.667. The summed E-state index contributed by atoms with van der Waals surface area (Å²) in [6.07, 6.45) is 3.60. The summed E-state index contributed by atoms with van der Waals surface area (Å²) < 4.78 is 12.2. The fourth-order valence-corrected chi connectivity index (χ4v) is 4.60. The zero-order valence-corrected chi connectivity index (χ0v) is 13.5. The third kappa shape index (κ3) is 1.97. The highest BCUT2D eigenvalue weighted by molar-refractivity contribution is 5.58. The molecule has 1 fully saturated rings. The van der Waals surface area contributed by atoms with Crippen molar-refractivity contribution in [1.82, 2.24) is 4.90 Å². The quantitative estimate of drug-likeness (QED) is 0.911. The van der Waals surface area contributed by atoms with Crippen molar-refractivity contribution in [2.45, 2.75) is 56.8 Å². The molecule has 2 aliphatic heterocycles. The number of nitrogens with zero attached hydrogens (tertiary/aromatic N) is 1. The van der Waals surface area contributed by atoms with E-state index in [0.717, 1.165) is 50.3 Å². The smallest absolute Gasteiger partial charge is 0.165 e. The highest BCUT2D eigenvalue weighted by Gasteiger charge is 2.54. The van der Waals surface area contributed by atoms with Gasteiger partial charge < -0.3 is 19.5 Å². The van der Waals surface area contributed by atoms with E-state index in [2.05, 4.69) is 24.1 Å². The van der Waals surface area contributed by atoms with Crippen LogP contribution >= 0.6 is 0 Å². The van der Waals surface area contributed by atoms with Crippen LogP contribution in [0.2, 0.25) is 0 Å². The number of hydrogen-bond donors (Lipinski definition) is 1. The van der Waals surface area contributed by atoms with Crippen LogP contribution in [0.3, 0.4) is 0 Å². The molecule has 22 heavy (non-hydrogen) atoms. The molecule has 3 aliphatic rings. The molecular formula is C18H25NO3. The molecule has 0 bridgehead atoms. The van der Waals surface area contributed by atoms with Crippen LogP contribution in [-0.2, 0) is 12.0 Å². The molecule has 1 N–H and O–H groups in total. The monoisotopic (exact) mass is 303 g/mol. The van der Waals surface area contributed by atoms with Crippen molar-refractivity contribution in [3.63, 3.8) is 0 Å². The highest BCUT2D eigenvalue weighted by Crippen LogP contribution is 2.57. The fourth-order valence-electron chi connectivity index (χ4n) is 4.60. The summed E-state index contributed by atoms with van der Waals surface area (Å²) in [4.78, 5) is 2.39. The lowest BCUT2D eigenvalue weighted by molar-refractivity contribution is 0.0119. The van der Waals surface area contributed by atoms with Crippen LogP contribution in [-0.4, -0.2) is 42.4 Å². The van der Waals surface area contributed by atoms with E-state index < -0.39 is 0 Å². The van der Waals surface area contributed by atoms with Crippen LogP contribution in [0.5, 0.6) is 11.5 Å². The molecule has 4 rings (SSSR count). The number of rotatable bonds is 2. The van der Waals surface area contributed by atoms with Gasteiger partial charge in [0.25, 0.3) is 0 Å². The summed E-state index contributed by atoms with van der Waals surface area (Å²) in [5, 5.41) is 10.1. The summed E-state index contributed by atoms with van der Waals surface area (Å²) >= 11 is 0. The van der Waals surface area contributed by atoms with Gasteiger partial charge >= 0.3 is 0 Å². The van der Waals surface area contributed by atoms with E-state index in [1.165, 1.54) is 11.1 Å². The Labute approximate surface area is 132 Å². The molecule has 1 spiro atoms. The lowest BCUT2D eigenvalue weighted by atomic mass is 9.65. The largest absolute Gasteiger partial charge is 0.490 e. The zero-order valence-electron chi connectivity index (χ0n) is 13.5. The highest BCUT2D eigenvalue weighted by atomic mass is 16.5. The Morgan fingerprint density at radius 2 is 2.27 bits per heavy atom. The topological polar surface area (TPSA) is 41.9 Å². The second-order valence-electron chi connectivity index (χ2n) is 7.04. The minimum Gasteiger partial charge on any atom is -0.490 e. The number of benzene rings is 1. The van der Waals surface area contributed by atoms with Gasteiger partial charge in [-0.15, -0.1) is 0 Å². The molecule has 1 aromatic rings. The number of hydrogen-bond acceptors (Lipinski definition) is 4. The van der Waals surface area contributed by atoms with Crippen molar-refractivity contribution < 1.29 is 14.6 Å². The maximum Gasteiger partial charge on any atom is 0.165 e. The minimum absolute atomic E-state index is 0.0712. The lowest BCUT2D eigenvalue weighted by Gasteiger charge is -2.40. The van der Waals surface area contributed by atoms with Crippen LogP contribution in [0, 0.1) is 0 Å². The van der Waals surface area contributed by atoms with Crippen LogP contribution in [0.15, 0.2) is 12.1 Å². The molecule has 0 aromatic heterocycles. The van der Waals surface area contributed by atoms with Gasteiger partial charge in [0.1, 0.15) is 6.10 Å². The standard InChI is InChI=1S/C18H25NO3/c1-3-21-14-5-4-12-11-19(2)9-8-18-7-6-13(20)10-15(18)22-17(14)16(12)18/h4-5,13,15,20H,3,6-11H2,1-2H3/t13-,15-,18-/m0/s1. The van der Waals surface area contributed by atoms with Crippen LogP contribution < -0.4 is 9.47 Å². The average Bonchev–Trinajstić information content (AvgIpc) is 2.75. The molecule has 3 atom stereocenters. The van der Waals surface area contributed by atoms with Gasteiger partial charge in [-0.3, -0.25) is 0 Å². The van der Waals surface area contributed by atoms with Gasteiger partial charge in [0, 0.05) is 23.9 Å². The van der Waals surface area contributed by atoms with Crippen molar-refractivity contribution in [1.29, 1.82) is 0 Å². The van der Waals surface area contributed by atoms with Crippen molar-refractivity contribution in [3.8, 4) is 11.5 Å². The molecule has 1 aliphatic carbocycles. The van der Waals surface area contributed by atoms with Gasteiger partial charge in [-0.05, 0) is 51.4 Å². The van der Waals surface area contributed by atoms with E-state index in [-0.39, 0.29) is 17.6 Å². The summed E-state index contributed by atoms with van der Waals surface area (Å²) in [5.41, 5.74) is 2.82. The summed E-state index contributed by atoms with van der Waals surface area (Å²) in [7, 11) is 2.19. The lowest BCUT2D eigenvalue weighted by Crippen LogP contribution is -2.45. The Kier molecular flexibility index (Phi) is 3.35. The Bertz CT molecular complexity index is 588. The number of ether oxygens (including phenoxy) is 2. The van der Waals surface area contributed by atoms with Crippen LogP contribution in [0.25, 0.3) is 0 Å². The van der Waals surface area contributed by atoms with Crippen molar-refractivity contribution in [2.24, 2.45) is 0 Å². The Morgan fingerprint density at radius 1 is 1.41 bits per heavy atom. The molecule has 120 valence electrons. The first-order valence-electron chi connectivity index (χ1n) is 8.46. The third-order valence-corrected chi connectivity index (χ3v) is 5.67. The molecule has 1 saturated carbocycles. The van der Waals surface area contributed by atoms with Crippen LogP contribution in [0.4, 0.5) is 0 Å². The second-order valence-corrected chi connectivity index (χ2v) is 7.04. The molecule has 4 heteroatoms. The van der Waals surface area contributed by atoms with Gasteiger partial charge in [0.05, 0.1) is 12.7 Å². The van der Waals surface area contributed by atoms with E-state index in [4.69, 9.17) is 9.47 Å². The molecule has 4 nitrogen and oxygen atoms in total. The Hall–Kier alpha value is -1.26. The number of aliphatic hydroxyl groups excluding tert-OH is 1. The zero-order chi connectivity index (χ0) is 15.3. The maximum atomic E-state index is 10.1. The van der Waals surface area contributed by atoms with Crippen molar-refractivity contribution in [3.05, 3.63) is 23.3 Å². The predicted molar refractivity (Wildman–Crippen MR) is 84.5 cm³/mol. The number of aliphatic hydroxyl groups is 1. The SMILES string of the molecule is CCOc1ccc2c3c1O[C@H]1C[C@@H](O)CC[C@@]31CCN(C)C2. The van der Waals surface area contributed by atoms with E-state index in [9.17, 15) is 5.11 Å². The molecule has 0 radical (unpaired) electrons. The molecule has 0 unspecified atom stereocenters. The molecule has 2 heterocycles. The summed E-state index contributed by atoms with van der Waals surface area (Å²) in [5.74, 6) is 1.82. The maximum absolute atomic E-state index is 10.1. The van der Waals surface area contributed by atoms with Gasteiger partial charge in [-0.25, -0.2) is 0 Å².